The quantitative estimate of drug-likeness (QED) is 0.524. The average molecular weight is 509 g/mol. The molecule has 2 aliphatic heterocycles. The van der Waals surface area contributed by atoms with E-state index >= 15 is 0 Å². The lowest BCUT2D eigenvalue weighted by Gasteiger charge is -2.45. The average Bonchev–Trinajstić information content (AvgIpc) is 3.45. The number of hydrogen-bond acceptors (Lipinski definition) is 4. The molecule has 1 N–H and O–H groups in total. The first-order valence-electron chi connectivity index (χ1n) is 14.4. The Kier molecular flexibility index (Phi) is 7.80. The van der Waals surface area contributed by atoms with Gasteiger partial charge < -0.3 is 24.1 Å². The molecule has 2 fully saturated rings. The van der Waals surface area contributed by atoms with E-state index in [4.69, 9.17) is 4.42 Å². The van der Waals surface area contributed by atoms with Crippen LogP contribution >= 0.6 is 0 Å². The van der Waals surface area contributed by atoms with Crippen LogP contribution in [0.5, 0.6) is 0 Å². The minimum atomic E-state index is -0.959. The van der Waals surface area contributed by atoms with Gasteiger partial charge in [0.15, 0.2) is 0 Å². The molecule has 2 aromatic rings. The number of nitrogens with zero attached hydrogens (tertiary/aromatic N) is 3. The number of furan rings is 1. The number of carbonyl (C=O) groups is 2. The van der Waals surface area contributed by atoms with Gasteiger partial charge in [-0.05, 0) is 75.3 Å². The summed E-state index contributed by atoms with van der Waals surface area (Å²) in [6.45, 7) is 10.8. The van der Waals surface area contributed by atoms with E-state index in [1.165, 1.54) is 19.3 Å². The standard InChI is InChI=1S/C30H44N4O3/c1-22-18-23(2)20-32(19-22)15-9-16-34-28(35)26-14-13-25(27-12-8-17-37-27)33(26)21-30(34,3)29(36)31-24-10-6-4-5-7-11-24/h8,12-14,17,22-24H,4-7,9-11,15-16,18-21H2,1-3H3,(H,31,36)/t22-,23-,30+/m1/s1. The zero-order valence-electron chi connectivity index (χ0n) is 22.9. The minimum Gasteiger partial charge on any atom is -0.463 e. The fourth-order valence-corrected chi connectivity index (χ4v) is 6.95. The van der Waals surface area contributed by atoms with E-state index in [0.717, 1.165) is 57.4 Å². The smallest absolute Gasteiger partial charge is 0.271 e. The van der Waals surface area contributed by atoms with Gasteiger partial charge in [0, 0.05) is 25.7 Å². The number of carbonyl (C=O) groups excluding carboxylic acids is 2. The predicted octanol–water partition coefficient (Wildman–Crippen LogP) is 5.17. The minimum absolute atomic E-state index is 0.0299. The maximum Gasteiger partial charge on any atom is 0.271 e. The molecule has 0 radical (unpaired) electrons. The van der Waals surface area contributed by atoms with Gasteiger partial charge in [-0.2, -0.15) is 0 Å². The molecule has 0 spiro atoms. The number of likely N-dealkylation sites (tertiary alicyclic amines) is 1. The highest BCUT2D eigenvalue weighted by atomic mass is 16.3. The molecule has 3 aliphatic rings. The Labute approximate surface area is 221 Å². The summed E-state index contributed by atoms with van der Waals surface area (Å²) >= 11 is 0. The Bertz CT molecular complexity index is 1060. The van der Waals surface area contributed by atoms with Crippen LogP contribution in [0.15, 0.2) is 34.9 Å². The van der Waals surface area contributed by atoms with Crippen LogP contribution in [0.1, 0.15) is 82.6 Å². The number of piperidine rings is 1. The molecule has 0 aromatic carbocycles. The molecule has 7 nitrogen and oxygen atoms in total. The molecule has 2 aromatic heterocycles. The molecular weight excluding hydrogens is 464 g/mol. The van der Waals surface area contributed by atoms with Crippen molar-refractivity contribution in [2.75, 3.05) is 26.2 Å². The highest BCUT2D eigenvalue weighted by Gasteiger charge is 2.48. The van der Waals surface area contributed by atoms with Gasteiger partial charge in [0.25, 0.3) is 5.91 Å². The van der Waals surface area contributed by atoms with E-state index < -0.39 is 5.54 Å². The van der Waals surface area contributed by atoms with Crippen LogP contribution in [0.2, 0.25) is 0 Å². The number of nitrogens with one attached hydrogen (secondary N) is 1. The summed E-state index contributed by atoms with van der Waals surface area (Å²) in [4.78, 5) is 32.3. The van der Waals surface area contributed by atoms with Crippen LogP contribution in [-0.2, 0) is 11.3 Å². The molecule has 1 saturated carbocycles. The molecule has 7 heteroatoms. The summed E-state index contributed by atoms with van der Waals surface area (Å²) in [5.74, 6) is 2.03. The highest BCUT2D eigenvalue weighted by Crippen LogP contribution is 2.34. The van der Waals surface area contributed by atoms with Crippen LogP contribution < -0.4 is 5.32 Å². The van der Waals surface area contributed by atoms with E-state index in [9.17, 15) is 9.59 Å². The third-order valence-corrected chi connectivity index (χ3v) is 8.76. The largest absolute Gasteiger partial charge is 0.463 e. The van der Waals surface area contributed by atoms with E-state index in [1.54, 1.807) is 6.26 Å². The lowest BCUT2D eigenvalue weighted by atomic mass is 9.91. The van der Waals surface area contributed by atoms with E-state index in [0.29, 0.717) is 36.4 Å². The van der Waals surface area contributed by atoms with Crippen molar-refractivity contribution in [3.05, 3.63) is 36.2 Å². The van der Waals surface area contributed by atoms with Crippen LogP contribution in [0, 0.1) is 11.8 Å². The van der Waals surface area contributed by atoms with Gasteiger partial charge in [-0.15, -0.1) is 0 Å². The van der Waals surface area contributed by atoms with Crippen LogP contribution in [0.3, 0.4) is 0 Å². The van der Waals surface area contributed by atoms with Crippen molar-refractivity contribution >= 4 is 11.8 Å². The second-order valence-electron chi connectivity index (χ2n) is 12.1. The molecule has 0 bridgehead atoms. The summed E-state index contributed by atoms with van der Waals surface area (Å²) in [7, 11) is 0. The van der Waals surface area contributed by atoms with Gasteiger partial charge in [0.2, 0.25) is 5.91 Å². The number of amides is 2. The molecule has 37 heavy (non-hydrogen) atoms. The van der Waals surface area contributed by atoms with Crippen molar-refractivity contribution in [3.63, 3.8) is 0 Å². The third kappa shape index (κ3) is 5.52. The van der Waals surface area contributed by atoms with Gasteiger partial charge in [-0.3, -0.25) is 9.59 Å². The van der Waals surface area contributed by atoms with Crippen molar-refractivity contribution in [1.29, 1.82) is 0 Å². The molecule has 1 saturated heterocycles. The second-order valence-corrected chi connectivity index (χ2v) is 12.1. The summed E-state index contributed by atoms with van der Waals surface area (Å²) < 4.78 is 7.65. The first kappa shape index (κ1) is 26.1. The SMILES string of the molecule is C[C@@H]1C[C@@H](C)CN(CCCN2C(=O)c3ccc(-c4ccco4)n3C[C@@]2(C)C(=O)NC2CCCCCC2)C1. The van der Waals surface area contributed by atoms with E-state index in [2.05, 4.69) is 24.1 Å². The predicted molar refractivity (Wildman–Crippen MR) is 145 cm³/mol. The number of aromatic nitrogens is 1. The monoisotopic (exact) mass is 508 g/mol. The van der Waals surface area contributed by atoms with Crippen molar-refractivity contribution in [1.82, 2.24) is 19.7 Å². The number of rotatable bonds is 7. The Morgan fingerprint density at radius 3 is 2.41 bits per heavy atom. The Balaban J connectivity index is 1.38. The number of hydrogen-bond donors (Lipinski definition) is 1. The summed E-state index contributed by atoms with van der Waals surface area (Å²) in [5, 5.41) is 3.37. The highest BCUT2D eigenvalue weighted by molar-refractivity contribution is 6.00. The van der Waals surface area contributed by atoms with Gasteiger partial charge in [-0.25, -0.2) is 0 Å². The van der Waals surface area contributed by atoms with Crippen LogP contribution in [0.4, 0.5) is 0 Å². The fourth-order valence-electron chi connectivity index (χ4n) is 6.95. The van der Waals surface area contributed by atoms with Crippen LogP contribution in [-0.4, -0.2) is 63.9 Å². The van der Waals surface area contributed by atoms with Crippen molar-refractivity contribution < 1.29 is 14.0 Å². The van der Waals surface area contributed by atoms with Crippen molar-refractivity contribution in [2.45, 2.75) is 90.3 Å². The molecule has 5 rings (SSSR count). The van der Waals surface area contributed by atoms with Gasteiger partial charge in [0.1, 0.15) is 17.0 Å². The van der Waals surface area contributed by atoms with E-state index in [1.807, 2.05) is 40.7 Å². The normalized spacial score (nSPS) is 27.6. The topological polar surface area (TPSA) is 70.7 Å². The molecule has 0 unspecified atom stereocenters. The summed E-state index contributed by atoms with van der Waals surface area (Å²) in [5.41, 5.74) is 0.517. The Morgan fingerprint density at radius 2 is 1.73 bits per heavy atom. The van der Waals surface area contributed by atoms with E-state index in [-0.39, 0.29) is 17.9 Å². The Morgan fingerprint density at radius 1 is 1.03 bits per heavy atom. The first-order valence-corrected chi connectivity index (χ1v) is 14.4. The van der Waals surface area contributed by atoms with Gasteiger partial charge in [-0.1, -0.05) is 39.5 Å². The maximum absolute atomic E-state index is 14.0. The zero-order chi connectivity index (χ0) is 26.0. The summed E-state index contributed by atoms with van der Waals surface area (Å²) in [6.07, 6.45) is 10.6. The molecular formula is C30H44N4O3. The zero-order valence-corrected chi connectivity index (χ0v) is 22.9. The molecule has 202 valence electrons. The third-order valence-electron chi connectivity index (χ3n) is 8.76. The summed E-state index contributed by atoms with van der Waals surface area (Å²) in [6, 6.07) is 7.77. The molecule has 4 heterocycles. The van der Waals surface area contributed by atoms with Crippen LogP contribution in [0.25, 0.3) is 11.5 Å². The first-order chi connectivity index (χ1) is 17.8. The van der Waals surface area contributed by atoms with Crippen molar-refractivity contribution in [3.8, 4) is 11.5 Å². The Hall–Kier alpha value is -2.54. The van der Waals surface area contributed by atoms with Gasteiger partial charge in [0.05, 0.1) is 18.5 Å². The lowest BCUT2D eigenvalue weighted by molar-refractivity contribution is -0.133. The fraction of sp³-hybridized carbons (Fsp3) is 0.667. The lowest BCUT2D eigenvalue weighted by Crippen LogP contribution is -2.65. The second kappa shape index (κ2) is 11.1. The van der Waals surface area contributed by atoms with Gasteiger partial charge >= 0.3 is 0 Å². The molecule has 1 aliphatic carbocycles. The maximum atomic E-state index is 14.0. The molecule has 2 amide bonds. The molecule has 3 atom stereocenters. The number of fused-ring (bicyclic) bond motifs is 1. The van der Waals surface area contributed by atoms with Crippen molar-refractivity contribution in [2.24, 2.45) is 11.8 Å².